The standard InChI is InChI=1S/C17H19I2N3O7/c1-6(23)22-15-13(18)11(16(20)26)10(12(14(15)19)17(21)27)4-9(29-8(3)25)5-28-7(2)24/h9H,4-5H2,1-3H3,(H2,20,26)(H2,21,27)(H,22,23). The molecule has 0 saturated carbocycles. The molecule has 0 aliphatic carbocycles. The number of benzene rings is 1. The summed E-state index contributed by atoms with van der Waals surface area (Å²) in [5.41, 5.74) is 11.3. The Morgan fingerprint density at radius 3 is 1.76 bits per heavy atom. The third kappa shape index (κ3) is 6.80. The van der Waals surface area contributed by atoms with E-state index in [1.165, 1.54) is 13.8 Å². The van der Waals surface area contributed by atoms with Crippen molar-refractivity contribution < 1.29 is 33.4 Å². The number of halogens is 2. The van der Waals surface area contributed by atoms with Gasteiger partial charge in [-0.2, -0.15) is 0 Å². The second kappa shape index (κ2) is 10.7. The van der Waals surface area contributed by atoms with Crippen molar-refractivity contribution >= 4 is 80.5 Å². The van der Waals surface area contributed by atoms with Gasteiger partial charge >= 0.3 is 11.9 Å². The second-order valence-corrected chi connectivity index (χ2v) is 8.04. The van der Waals surface area contributed by atoms with E-state index in [1.54, 1.807) is 0 Å². The number of primary amides is 2. The molecular weight excluding hydrogens is 612 g/mol. The molecule has 0 aliphatic rings. The van der Waals surface area contributed by atoms with Gasteiger partial charge in [0.05, 0.1) is 24.0 Å². The maximum Gasteiger partial charge on any atom is 0.303 e. The lowest BCUT2D eigenvalue weighted by atomic mass is 9.94. The lowest BCUT2D eigenvalue weighted by Gasteiger charge is -2.23. The molecule has 1 aromatic rings. The number of nitrogens with one attached hydrogen (secondary N) is 1. The number of nitrogens with two attached hydrogens (primary N) is 2. The van der Waals surface area contributed by atoms with Crippen molar-refractivity contribution in [3.63, 3.8) is 0 Å². The molecule has 1 aromatic carbocycles. The van der Waals surface area contributed by atoms with E-state index in [2.05, 4.69) is 5.32 Å². The number of carbonyl (C=O) groups is 5. The van der Waals surface area contributed by atoms with Crippen LogP contribution in [0.15, 0.2) is 0 Å². The highest BCUT2D eigenvalue weighted by molar-refractivity contribution is 14.1. The molecule has 0 fully saturated rings. The molecule has 0 spiro atoms. The summed E-state index contributed by atoms with van der Waals surface area (Å²) in [6, 6.07) is 0. The molecule has 1 atom stereocenters. The van der Waals surface area contributed by atoms with Gasteiger partial charge in [-0.25, -0.2) is 0 Å². The lowest BCUT2D eigenvalue weighted by molar-refractivity contribution is -0.156. The van der Waals surface area contributed by atoms with Crippen LogP contribution in [0.5, 0.6) is 0 Å². The molecule has 0 aromatic heterocycles. The van der Waals surface area contributed by atoms with Gasteiger partial charge in [0.1, 0.15) is 12.7 Å². The highest BCUT2D eigenvalue weighted by Crippen LogP contribution is 2.35. The average Bonchev–Trinajstić information content (AvgIpc) is 2.55. The topological polar surface area (TPSA) is 168 Å². The average molecular weight is 631 g/mol. The molecule has 10 nitrogen and oxygen atoms in total. The number of hydrogen-bond donors (Lipinski definition) is 3. The lowest BCUT2D eigenvalue weighted by Crippen LogP contribution is -2.31. The quantitative estimate of drug-likeness (QED) is 0.285. The fourth-order valence-electron chi connectivity index (χ4n) is 2.55. The first-order valence-corrected chi connectivity index (χ1v) is 10.2. The minimum atomic E-state index is -0.995. The van der Waals surface area contributed by atoms with Crippen LogP contribution < -0.4 is 16.8 Å². The van der Waals surface area contributed by atoms with Gasteiger partial charge in [-0.3, -0.25) is 24.0 Å². The molecular formula is C17H19I2N3O7. The Labute approximate surface area is 193 Å². The molecule has 12 heteroatoms. The van der Waals surface area contributed by atoms with Gasteiger partial charge in [-0.05, 0) is 50.7 Å². The predicted octanol–water partition coefficient (Wildman–Crippen LogP) is 1.09. The maximum atomic E-state index is 12.2. The fraction of sp³-hybridized carbons (Fsp3) is 0.353. The summed E-state index contributed by atoms with van der Waals surface area (Å²) in [5.74, 6) is -3.42. The number of amides is 3. The molecule has 0 aliphatic heterocycles. The second-order valence-electron chi connectivity index (χ2n) is 5.88. The van der Waals surface area contributed by atoms with E-state index < -0.39 is 35.8 Å². The number of ether oxygens (including phenoxy) is 2. The van der Waals surface area contributed by atoms with Gasteiger partial charge in [0.25, 0.3) is 0 Å². The van der Waals surface area contributed by atoms with E-state index in [-0.39, 0.29) is 35.4 Å². The molecule has 5 N–H and O–H groups in total. The minimum Gasteiger partial charge on any atom is -0.462 e. The summed E-state index contributed by atoms with van der Waals surface area (Å²) in [5, 5.41) is 2.56. The molecule has 1 rings (SSSR count). The fourth-order valence-corrected chi connectivity index (χ4v) is 5.06. The summed E-state index contributed by atoms with van der Waals surface area (Å²) in [7, 11) is 0. The first-order valence-electron chi connectivity index (χ1n) is 8.08. The van der Waals surface area contributed by atoms with Crippen molar-refractivity contribution in [1.82, 2.24) is 0 Å². The molecule has 3 amide bonds. The smallest absolute Gasteiger partial charge is 0.303 e. The normalized spacial score (nSPS) is 11.3. The third-order valence-corrected chi connectivity index (χ3v) is 5.67. The largest absolute Gasteiger partial charge is 0.462 e. The summed E-state index contributed by atoms with van der Waals surface area (Å²) in [6.45, 7) is 3.32. The molecule has 1 unspecified atom stereocenters. The zero-order valence-electron chi connectivity index (χ0n) is 15.8. The summed E-state index contributed by atoms with van der Waals surface area (Å²) >= 11 is 3.64. The molecule has 158 valence electrons. The summed E-state index contributed by atoms with van der Waals surface area (Å²) in [6.07, 6.45) is -1.17. The first-order chi connectivity index (χ1) is 13.4. The minimum absolute atomic E-state index is 0.0523. The Kier molecular flexibility index (Phi) is 9.25. The molecule has 0 heterocycles. The van der Waals surface area contributed by atoms with Crippen molar-refractivity contribution in [2.24, 2.45) is 11.5 Å². The van der Waals surface area contributed by atoms with E-state index in [9.17, 15) is 24.0 Å². The van der Waals surface area contributed by atoms with Crippen LogP contribution in [-0.2, 0) is 30.3 Å². The Balaban J connectivity index is 3.70. The van der Waals surface area contributed by atoms with E-state index in [1.807, 2.05) is 45.2 Å². The van der Waals surface area contributed by atoms with Crippen LogP contribution in [0, 0.1) is 7.14 Å². The molecule has 0 bridgehead atoms. The number of esters is 2. The van der Waals surface area contributed by atoms with Crippen LogP contribution in [0.2, 0.25) is 0 Å². The molecule has 0 saturated heterocycles. The number of anilines is 1. The van der Waals surface area contributed by atoms with Crippen molar-refractivity contribution in [3.05, 3.63) is 23.8 Å². The van der Waals surface area contributed by atoms with Gasteiger partial charge in [-0.1, -0.05) is 0 Å². The van der Waals surface area contributed by atoms with E-state index in [4.69, 9.17) is 20.9 Å². The third-order valence-electron chi connectivity index (χ3n) is 3.51. The van der Waals surface area contributed by atoms with Crippen LogP contribution in [-0.4, -0.2) is 42.4 Å². The van der Waals surface area contributed by atoms with Gasteiger partial charge in [0.2, 0.25) is 17.7 Å². The Bertz CT molecular complexity index is 845. The maximum absolute atomic E-state index is 12.2. The molecule has 0 radical (unpaired) electrons. The number of rotatable bonds is 8. The van der Waals surface area contributed by atoms with E-state index in [0.29, 0.717) is 7.14 Å². The SMILES string of the molecule is CC(=O)Nc1c(I)c(C(N)=O)c(CC(COC(C)=O)OC(C)=O)c(C(N)=O)c1I. The predicted molar refractivity (Wildman–Crippen MR) is 119 cm³/mol. The van der Waals surface area contributed by atoms with Crippen LogP contribution in [0.3, 0.4) is 0 Å². The summed E-state index contributed by atoms with van der Waals surface area (Å²) < 4.78 is 10.6. The van der Waals surface area contributed by atoms with Gasteiger partial charge in [-0.15, -0.1) is 0 Å². The Hall–Kier alpha value is -1.97. The van der Waals surface area contributed by atoms with Gasteiger partial charge in [0, 0.05) is 27.2 Å². The van der Waals surface area contributed by atoms with Crippen molar-refractivity contribution in [2.75, 3.05) is 11.9 Å². The Morgan fingerprint density at radius 1 is 0.931 bits per heavy atom. The monoisotopic (exact) mass is 631 g/mol. The zero-order chi connectivity index (χ0) is 22.5. The zero-order valence-corrected chi connectivity index (χ0v) is 20.1. The molecule has 29 heavy (non-hydrogen) atoms. The van der Waals surface area contributed by atoms with Crippen LogP contribution >= 0.6 is 45.2 Å². The highest BCUT2D eigenvalue weighted by Gasteiger charge is 2.30. The van der Waals surface area contributed by atoms with E-state index >= 15 is 0 Å². The van der Waals surface area contributed by atoms with Crippen LogP contribution in [0.1, 0.15) is 47.1 Å². The van der Waals surface area contributed by atoms with Crippen molar-refractivity contribution in [2.45, 2.75) is 33.3 Å². The number of hydrogen-bond acceptors (Lipinski definition) is 7. The van der Waals surface area contributed by atoms with Gasteiger partial charge < -0.3 is 26.3 Å². The van der Waals surface area contributed by atoms with Crippen LogP contribution in [0.4, 0.5) is 5.69 Å². The van der Waals surface area contributed by atoms with Gasteiger partial charge in [0.15, 0.2) is 0 Å². The summed E-state index contributed by atoms with van der Waals surface area (Å²) in [4.78, 5) is 58.5. The van der Waals surface area contributed by atoms with Crippen molar-refractivity contribution in [3.8, 4) is 0 Å². The number of carbonyl (C=O) groups excluding carboxylic acids is 5. The first kappa shape index (κ1) is 25.1. The van der Waals surface area contributed by atoms with E-state index in [0.717, 1.165) is 6.92 Å². The highest BCUT2D eigenvalue weighted by atomic mass is 127. The van der Waals surface area contributed by atoms with Crippen molar-refractivity contribution in [1.29, 1.82) is 0 Å². The Morgan fingerprint density at radius 2 is 1.41 bits per heavy atom. The van der Waals surface area contributed by atoms with Crippen LogP contribution in [0.25, 0.3) is 0 Å².